The third kappa shape index (κ3) is 2.48. The molecule has 0 bridgehead atoms. The quantitative estimate of drug-likeness (QED) is 0.709. The Bertz CT molecular complexity index is 485. The summed E-state index contributed by atoms with van der Waals surface area (Å²) in [6.07, 6.45) is 2.45. The summed E-state index contributed by atoms with van der Waals surface area (Å²) in [6, 6.07) is 0. The zero-order valence-electron chi connectivity index (χ0n) is 10.8. The van der Waals surface area contributed by atoms with Crippen LogP contribution in [-0.2, 0) is 4.74 Å². The topological polar surface area (TPSA) is 100 Å². The number of carbonyl (C=O) groups is 1. The third-order valence-electron chi connectivity index (χ3n) is 3.88. The lowest BCUT2D eigenvalue weighted by Gasteiger charge is -2.25. The van der Waals surface area contributed by atoms with Gasteiger partial charge in [0.2, 0.25) is 5.82 Å². The van der Waals surface area contributed by atoms with Crippen molar-refractivity contribution in [2.45, 2.75) is 43.8 Å². The summed E-state index contributed by atoms with van der Waals surface area (Å²) in [6.45, 7) is 2.47. The Hall–Kier alpha value is -1.47. The zero-order valence-corrected chi connectivity index (χ0v) is 10.8. The van der Waals surface area contributed by atoms with Gasteiger partial charge < -0.3 is 15.2 Å². The SMILES string of the molecule is CC1OCCC1(O)CNC(=O)c1n[nH]c(C2CC2)n1. The molecule has 1 saturated carbocycles. The Balaban J connectivity index is 1.58. The fourth-order valence-electron chi connectivity index (χ4n) is 2.23. The van der Waals surface area contributed by atoms with Crippen molar-refractivity contribution in [3.05, 3.63) is 11.6 Å². The molecule has 1 aromatic rings. The van der Waals surface area contributed by atoms with Gasteiger partial charge in [0.15, 0.2) is 0 Å². The Labute approximate surface area is 110 Å². The van der Waals surface area contributed by atoms with E-state index in [0.29, 0.717) is 18.9 Å². The zero-order chi connectivity index (χ0) is 13.5. The van der Waals surface area contributed by atoms with Crippen molar-refractivity contribution in [2.24, 2.45) is 0 Å². The lowest BCUT2D eigenvalue weighted by molar-refractivity contribution is -0.0252. The Morgan fingerprint density at radius 3 is 3.05 bits per heavy atom. The van der Waals surface area contributed by atoms with Gasteiger partial charge in [0.05, 0.1) is 6.10 Å². The lowest BCUT2D eigenvalue weighted by Crippen LogP contribution is -2.47. The molecular weight excluding hydrogens is 248 g/mol. The molecule has 2 unspecified atom stereocenters. The summed E-state index contributed by atoms with van der Waals surface area (Å²) in [5.74, 6) is 0.982. The number of nitrogens with one attached hydrogen (secondary N) is 2. The van der Waals surface area contributed by atoms with Gasteiger partial charge in [-0.2, -0.15) is 0 Å². The number of amides is 1. The van der Waals surface area contributed by atoms with Crippen LogP contribution >= 0.6 is 0 Å². The lowest BCUT2D eigenvalue weighted by atomic mass is 9.97. The van der Waals surface area contributed by atoms with Gasteiger partial charge in [0, 0.05) is 25.5 Å². The Morgan fingerprint density at radius 1 is 1.63 bits per heavy atom. The minimum Gasteiger partial charge on any atom is -0.385 e. The van der Waals surface area contributed by atoms with Crippen LogP contribution in [-0.4, -0.2) is 51.1 Å². The Kier molecular flexibility index (Phi) is 3.02. The number of aromatic nitrogens is 3. The van der Waals surface area contributed by atoms with Gasteiger partial charge in [0.25, 0.3) is 5.91 Å². The molecule has 1 saturated heterocycles. The number of nitrogens with zero attached hydrogens (tertiary/aromatic N) is 2. The van der Waals surface area contributed by atoms with E-state index in [4.69, 9.17) is 4.74 Å². The molecule has 3 rings (SSSR count). The molecule has 1 aliphatic heterocycles. The highest BCUT2D eigenvalue weighted by Gasteiger charge is 2.40. The van der Waals surface area contributed by atoms with E-state index in [1.165, 1.54) is 0 Å². The predicted molar refractivity (Wildman–Crippen MR) is 65.7 cm³/mol. The molecule has 7 heteroatoms. The first-order chi connectivity index (χ1) is 9.08. The van der Waals surface area contributed by atoms with Crippen LogP contribution in [0.15, 0.2) is 0 Å². The fourth-order valence-corrected chi connectivity index (χ4v) is 2.23. The number of hydrogen-bond donors (Lipinski definition) is 3. The standard InChI is InChI=1S/C12H18N4O3/c1-7-12(18,4-5-19-7)6-13-11(17)10-14-9(15-16-10)8-2-3-8/h7-8,18H,2-6H2,1H3,(H,13,17)(H,14,15,16). The molecule has 19 heavy (non-hydrogen) atoms. The predicted octanol–water partition coefficient (Wildman–Crippen LogP) is -0.0482. The van der Waals surface area contributed by atoms with E-state index in [-0.39, 0.29) is 24.4 Å². The van der Waals surface area contributed by atoms with Crippen LogP contribution in [0.25, 0.3) is 0 Å². The fraction of sp³-hybridized carbons (Fsp3) is 0.750. The summed E-state index contributed by atoms with van der Waals surface area (Å²) in [4.78, 5) is 16.1. The average Bonchev–Trinajstić information content (AvgIpc) is 3.03. The van der Waals surface area contributed by atoms with Crippen LogP contribution in [0, 0.1) is 0 Å². The van der Waals surface area contributed by atoms with Gasteiger partial charge in [-0.3, -0.25) is 9.89 Å². The van der Waals surface area contributed by atoms with E-state index in [1.807, 2.05) is 0 Å². The molecule has 2 atom stereocenters. The second kappa shape index (κ2) is 4.57. The number of rotatable bonds is 4. The molecule has 1 amide bonds. The molecule has 0 radical (unpaired) electrons. The van der Waals surface area contributed by atoms with Crippen LogP contribution < -0.4 is 5.32 Å². The smallest absolute Gasteiger partial charge is 0.291 e. The van der Waals surface area contributed by atoms with Gasteiger partial charge in [-0.15, -0.1) is 5.10 Å². The highest BCUT2D eigenvalue weighted by atomic mass is 16.5. The molecule has 104 valence electrons. The van der Waals surface area contributed by atoms with Crippen molar-refractivity contribution in [3.8, 4) is 0 Å². The number of aromatic amines is 1. The molecule has 2 aliphatic rings. The first-order valence-corrected chi connectivity index (χ1v) is 6.63. The van der Waals surface area contributed by atoms with Crippen molar-refractivity contribution in [1.29, 1.82) is 0 Å². The van der Waals surface area contributed by atoms with Gasteiger partial charge in [-0.25, -0.2) is 4.98 Å². The van der Waals surface area contributed by atoms with Crippen molar-refractivity contribution >= 4 is 5.91 Å². The van der Waals surface area contributed by atoms with E-state index in [2.05, 4.69) is 20.5 Å². The number of ether oxygens (including phenoxy) is 1. The van der Waals surface area contributed by atoms with Crippen molar-refractivity contribution in [2.75, 3.05) is 13.2 Å². The molecule has 2 fully saturated rings. The van der Waals surface area contributed by atoms with Crippen molar-refractivity contribution in [1.82, 2.24) is 20.5 Å². The van der Waals surface area contributed by atoms with E-state index >= 15 is 0 Å². The van der Waals surface area contributed by atoms with Crippen LogP contribution in [0.2, 0.25) is 0 Å². The van der Waals surface area contributed by atoms with Gasteiger partial charge in [-0.1, -0.05) is 0 Å². The number of aliphatic hydroxyl groups is 1. The number of H-pyrrole nitrogens is 1. The number of carbonyl (C=O) groups excluding carboxylic acids is 1. The monoisotopic (exact) mass is 266 g/mol. The molecule has 3 N–H and O–H groups in total. The first kappa shape index (κ1) is 12.6. The first-order valence-electron chi connectivity index (χ1n) is 6.63. The van der Waals surface area contributed by atoms with Crippen LogP contribution in [0.1, 0.15) is 48.5 Å². The third-order valence-corrected chi connectivity index (χ3v) is 3.88. The summed E-state index contributed by atoms with van der Waals surface area (Å²) in [5, 5.41) is 19.6. The molecule has 1 aromatic heterocycles. The summed E-state index contributed by atoms with van der Waals surface area (Å²) in [5.41, 5.74) is -0.995. The summed E-state index contributed by atoms with van der Waals surface area (Å²) >= 11 is 0. The van der Waals surface area contributed by atoms with E-state index in [0.717, 1.165) is 18.7 Å². The van der Waals surface area contributed by atoms with E-state index < -0.39 is 5.60 Å². The maximum Gasteiger partial charge on any atom is 0.291 e. The molecule has 2 heterocycles. The van der Waals surface area contributed by atoms with Crippen molar-refractivity contribution in [3.63, 3.8) is 0 Å². The van der Waals surface area contributed by atoms with Gasteiger partial charge >= 0.3 is 0 Å². The highest BCUT2D eigenvalue weighted by Crippen LogP contribution is 2.37. The average molecular weight is 266 g/mol. The number of hydrogen-bond acceptors (Lipinski definition) is 5. The molecule has 0 aromatic carbocycles. The van der Waals surface area contributed by atoms with Crippen LogP contribution in [0.5, 0.6) is 0 Å². The van der Waals surface area contributed by atoms with Gasteiger partial charge in [-0.05, 0) is 19.8 Å². The van der Waals surface area contributed by atoms with E-state index in [9.17, 15) is 9.90 Å². The maximum atomic E-state index is 11.9. The summed E-state index contributed by atoms with van der Waals surface area (Å²) < 4.78 is 5.31. The maximum absolute atomic E-state index is 11.9. The molecule has 1 aliphatic carbocycles. The van der Waals surface area contributed by atoms with Crippen molar-refractivity contribution < 1.29 is 14.6 Å². The molecular formula is C12H18N4O3. The minimum atomic E-state index is -0.995. The van der Waals surface area contributed by atoms with Crippen LogP contribution in [0.4, 0.5) is 0 Å². The minimum absolute atomic E-state index is 0.136. The molecule has 7 nitrogen and oxygen atoms in total. The second-order valence-electron chi connectivity index (χ2n) is 5.37. The molecule has 0 spiro atoms. The largest absolute Gasteiger partial charge is 0.385 e. The van der Waals surface area contributed by atoms with Crippen LogP contribution in [0.3, 0.4) is 0 Å². The Morgan fingerprint density at radius 2 is 2.42 bits per heavy atom. The normalized spacial score (nSPS) is 30.5. The highest BCUT2D eigenvalue weighted by molar-refractivity contribution is 5.90. The van der Waals surface area contributed by atoms with Gasteiger partial charge in [0.1, 0.15) is 11.4 Å². The summed E-state index contributed by atoms with van der Waals surface area (Å²) in [7, 11) is 0. The van der Waals surface area contributed by atoms with E-state index in [1.54, 1.807) is 6.92 Å². The second-order valence-corrected chi connectivity index (χ2v) is 5.37.